The van der Waals surface area contributed by atoms with Gasteiger partial charge in [-0.25, -0.2) is 14.4 Å². The summed E-state index contributed by atoms with van der Waals surface area (Å²) < 4.78 is 14.1. The Balaban J connectivity index is 1.46. The first-order valence-corrected chi connectivity index (χ1v) is 10.4. The third kappa shape index (κ3) is 4.07. The van der Waals surface area contributed by atoms with Crippen molar-refractivity contribution in [2.75, 3.05) is 31.1 Å². The van der Waals surface area contributed by atoms with Crippen molar-refractivity contribution in [2.45, 2.75) is 6.54 Å². The Kier molecular flexibility index (Phi) is 5.22. The number of para-hydroxylation sites is 1. The Bertz CT molecular complexity index is 1210. The van der Waals surface area contributed by atoms with Gasteiger partial charge in [0.1, 0.15) is 17.4 Å². The molecule has 5 nitrogen and oxygen atoms in total. The van der Waals surface area contributed by atoms with Crippen molar-refractivity contribution >= 4 is 16.7 Å². The van der Waals surface area contributed by atoms with E-state index >= 15 is 0 Å². The first-order valence-electron chi connectivity index (χ1n) is 10.4. The van der Waals surface area contributed by atoms with Crippen LogP contribution >= 0.6 is 0 Å². The van der Waals surface area contributed by atoms with Gasteiger partial charge in [-0.3, -0.25) is 4.90 Å². The number of phenols is 1. The maximum Gasteiger partial charge on any atom is 0.165 e. The number of fused-ring (bicyclic) bond motifs is 1. The van der Waals surface area contributed by atoms with E-state index < -0.39 is 0 Å². The molecule has 4 aromatic rings. The highest BCUT2D eigenvalue weighted by molar-refractivity contribution is 5.91. The van der Waals surface area contributed by atoms with Gasteiger partial charge in [-0.1, -0.05) is 42.5 Å². The van der Waals surface area contributed by atoms with Gasteiger partial charge in [-0.05, 0) is 35.9 Å². The first kappa shape index (κ1) is 19.5. The Hall–Kier alpha value is -3.51. The van der Waals surface area contributed by atoms with Crippen molar-refractivity contribution in [3.8, 4) is 17.1 Å². The van der Waals surface area contributed by atoms with Gasteiger partial charge in [0.25, 0.3) is 0 Å². The number of halogens is 1. The van der Waals surface area contributed by atoms with E-state index in [0.717, 1.165) is 32.7 Å². The summed E-state index contributed by atoms with van der Waals surface area (Å²) in [6.45, 7) is 4.27. The molecule has 0 amide bonds. The van der Waals surface area contributed by atoms with E-state index in [1.165, 1.54) is 17.7 Å². The molecule has 0 spiro atoms. The number of aromatic nitrogens is 2. The van der Waals surface area contributed by atoms with E-state index in [1.54, 1.807) is 24.3 Å². The van der Waals surface area contributed by atoms with Crippen molar-refractivity contribution in [1.29, 1.82) is 0 Å². The Morgan fingerprint density at radius 1 is 0.839 bits per heavy atom. The van der Waals surface area contributed by atoms with Gasteiger partial charge >= 0.3 is 0 Å². The Labute approximate surface area is 180 Å². The third-order valence-electron chi connectivity index (χ3n) is 5.70. The standard InChI is InChI=1S/C25H23FN4O/c26-19-10-11-22-21(16-19)25(28-24(27-22)20-8-4-5-9-23(20)31)30-14-12-29(13-15-30)17-18-6-2-1-3-7-18/h1-11,16,31H,12-15,17H2. The topological polar surface area (TPSA) is 52.5 Å². The number of anilines is 1. The highest BCUT2D eigenvalue weighted by Gasteiger charge is 2.22. The molecule has 1 aromatic heterocycles. The van der Waals surface area contributed by atoms with Crippen LogP contribution in [0.2, 0.25) is 0 Å². The van der Waals surface area contributed by atoms with Gasteiger partial charge in [0.15, 0.2) is 5.82 Å². The van der Waals surface area contributed by atoms with E-state index in [1.807, 2.05) is 12.1 Å². The highest BCUT2D eigenvalue weighted by atomic mass is 19.1. The molecule has 31 heavy (non-hydrogen) atoms. The number of piperazine rings is 1. The number of hydrogen-bond donors (Lipinski definition) is 1. The van der Waals surface area contributed by atoms with Gasteiger partial charge in [-0.2, -0.15) is 0 Å². The van der Waals surface area contributed by atoms with Crippen LogP contribution in [-0.2, 0) is 6.54 Å². The summed E-state index contributed by atoms with van der Waals surface area (Å²) in [5.41, 5.74) is 2.53. The molecule has 1 N–H and O–H groups in total. The molecule has 0 unspecified atom stereocenters. The summed E-state index contributed by atoms with van der Waals surface area (Å²) in [6.07, 6.45) is 0. The van der Waals surface area contributed by atoms with Crippen molar-refractivity contribution < 1.29 is 9.50 Å². The van der Waals surface area contributed by atoms with Crippen molar-refractivity contribution in [1.82, 2.24) is 14.9 Å². The molecule has 1 saturated heterocycles. The fourth-order valence-corrected chi connectivity index (χ4v) is 4.07. The van der Waals surface area contributed by atoms with Gasteiger partial charge in [0.2, 0.25) is 0 Å². The zero-order chi connectivity index (χ0) is 21.2. The normalized spacial score (nSPS) is 14.8. The molecular formula is C25H23FN4O. The van der Waals surface area contributed by atoms with Gasteiger partial charge in [0, 0.05) is 38.1 Å². The lowest BCUT2D eigenvalue weighted by Crippen LogP contribution is -2.46. The molecule has 0 aliphatic carbocycles. The molecule has 0 bridgehead atoms. The summed E-state index contributed by atoms with van der Waals surface area (Å²) >= 11 is 0. The van der Waals surface area contributed by atoms with Crippen LogP contribution in [0.15, 0.2) is 72.8 Å². The van der Waals surface area contributed by atoms with Crippen LogP contribution in [0.5, 0.6) is 5.75 Å². The maximum absolute atomic E-state index is 14.1. The first-order chi connectivity index (χ1) is 15.2. The van der Waals surface area contributed by atoms with Crippen LogP contribution in [-0.4, -0.2) is 46.2 Å². The lowest BCUT2D eigenvalue weighted by molar-refractivity contribution is 0.249. The van der Waals surface area contributed by atoms with Gasteiger partial charge < -0.3 is 10.0 Å². The molecule has 0 atom stereocenters. The molecule has 2 heterocycles. The van der Waals surface area contributed by atoms with Gasteiger partial charge in [-0.15, -0.1) is 0 Å². The second-order valence-corrected chi connectivity index (χ2v) is 7.80. The van der Waals surface area contributed by atoms with Crippen molar-refractivity contribution in [2.24, 2.45) is 0 Å². The second-order valence-electron chi connectivity index (χ2n) is 7.80. The summed E-state index contributed by atoms with van der Waals surface area (Å²) in [5, 5.41) is 11.0. The van der Waals surface area contributed by atoms with E-state index in [2.05, 4.69) is 39.0 Å². The molecule has 6 heteroatoms. The van der Waals surface area contributed by atoms with Gasteiger partial charge in [0.05, 0.1) is 11.1 Å². The fourth-order valence-electron chi connectivity index (χ4n) is 4.07. The van der Waals surface area contributed by atoms with Crippen LogP contribution in [0.1, 0.15) is 5.56 Å². The van der Waals surface area contributed by atoms with Crippen LogP contribution < -0.4 is 4.90 Å². The SMILES string of the molecule is Oc1ccccc1-c1nc(N2CCN(Cc3ccccc3)CC2)c2cc(F)ccc2n1. The van der Waals surface area contributed by atoms with Crippen molar-refractivity contribution in [3.63, 3.8) is 0 Å². The van der Waals surface area contributed by atoms with E-state index in [4.69, 9.17) is 4.98 Å². The number of benzene rings is 3. The average Bonchev–Trinajstić information content (AvgIpc) is 2.80. The average molecular weight is 414 g/mol. The molecule has 1 aliphatic rings. The quantitative estimate of drug-likeness (QED) is 0.534. The number of rotatable bonds is 4. The van der Waals surface area contributed by atoms with E-state index in [0.29, 0.717) is 28.1 Å². The summed E-state index contributed by atoms with van der Waals surface area (Å²) in [5.74, 6) is 0.971. The molecule has 1 aliphatic heterocycles. The smallest absolute Gasteiger partial charge is 0.165 e. The summed E-state index contributed by atoms with van der Waals surface area (Å²) in [4.78, 5) is 14.0. The zero-order valence-electron chi connectivity index (χ0n) is 17.1. The predicted octanol–water partition coefficient (Wildman–Crippen LogP) is 4.46. The monoisotopic (exact) mass is 414 g/mol. The Morgan fingerprint density at radius 3 is 2.35 bits per heavy atom. The number of nitrogens with zero attached hydrogens (tertiary/aromatic N) is 4. The molecule has 5 rings (SSSR count). The van der Waals surface area contributed by atoms with Crippen LogP contribution in [0.25, 0.3) is 22.3 Å². The van der Waals surface area contributed by atoms with E-state index in [-0.39, 0.29) is 11.6 Å². The largest absolute Gasteiger partial charge is 0.507 e. The minimum atomic E-state index is -0.310. The molecule has 156 valence electrons. The Morgan fingerprint density at radius 2 is 1.58 bits per heavy atom. The predicted molar refractivity (Wildman–Crippen MR) is 121 cm³/mol. The fraction of sp³-hybridized carbons (Fsp3) is 0.200. The lowest BCUT2D eigenvalue weighted by Gasteiger charge is -2.36. The maximum atomic E-state index is 14.1. The highest BCUT2D eigenvalue weighted by Crippen LogP contribution is 2.32. The minimum Gasteiger partial charge on any atom is -0.507 e. The zero-order valence-corrected chi connectivity index (χ0v) is 17.1. The van der Waals surface area contributed by atoms with Crippen LogP contribution in [0, 0.1) is 5.82 Å². The van der Waals surface area contributed by atoms with Crippen molar-refractivity contribution in [3.05, 3.63) is 84.2 Å². The molecule has 1 fully saturated rings. The molecular weight excluding hydrogens is 391 g/mol. The summed E-state index contributed by atoms with van der Waals surface area (Å²) in [6, 6.07) is 22.0. The minimum absolute atomic E-state index is 0.127. The van der Waals surface area contributed by atoms with Crippen LogP contribution in [0.4, 0.5) is 10.2 Å². The summed E-state index contributed by atoms with van der Waals surface area (Å²) in [7, 11) is 0. The number of phenolic OH excluding ortho intramolecular Hbond substituents is 1. The van der Waals surface area contributed by atoms with Crippen LogP contribution in [0.3, 0.4) is 0 Å². The molecule has 0 radical (unpaired) electrons. The third-order valence-corrected chi connectivity index (χ3v) is 5.70. The lowest BCUT2D eigenvalue weighted by atomic mass is 10.1. The number of hydrogen-bond acceptors (Lipinski definition) is 5. The molecule has 3 aromatic carbocycles. The second kappa shape index (κ2) is 8.32. The number of aromatic hydroxyl groups is 1. The molecule has 0 saturated carbocycles. The van der Waals surface area contributed by atoms with E-state index in [9.17, 15) is 9.50 Å².